The monoisotopic (exact) mass is 220 g/mol. The fraction of sp³-hybridized carbons (Fsp3) is 0.933. The molecule has 0 aromatic carbocycles. The number of rotatable bonds is 1. The zero-order valence-corrected chi connectivity index (χ0v) is 10.6. The van der Waals surface area contributed by atoms with Crippen LogP contribution in [0.5, 0.6) is 0 Å². The molecule has 0 radical (unpaired) electrons. The summed E-state index contributed by atoms with van der Waals surface area (Å²) in [5.74, 6) is 4.99. The summed E-state index contributed by atoms with van der Waals surface area (Å²) in [6.07, 6.45) is 7.83. The van der Waals surface area contributed by atoms with Gasteiger partial charge in [-0.25, -0.2) is 0 Å². The van der Waals surface area contributed by atoms with E-state index in [9.17, 15) is 4.79 Å². The van der Waals surface area contributed by atoms with Gasteiger partial charge in [0.15, 0.2) is 0 Å². The highest BCUT2D eigenvalue weighted by molar-refractivity contribution is 5.82. The second kappa shape index (κ2) is 3.85. The summed E-state index contributed by atoms with van der Waals surface area (Å²) in [6, 6.07) is 0. The van der Waals surface area contributed by atoms with Crippen molar-refractivity contribution in [3.8, 4) is 0 Å². The van der Waals surface area contributed by atoms with Crippen LogP contribution in [0.3, 0.4) is 0 Å². The van der Waals surface area contributed by atoms with Crippen molar-refractivity contribution in [3.63, 3.8) is 0 Å². The van der Waals surface area contributed by atoms with E-state index in [0.29, 0.717) is 23.5 Å². The summed E-state index contributed by atoms with van der Waals surface area (Å²) in [6.45, 7) is 4.57. The third-order valence-electron chi connectivity index (χ3n) is 5.56. The van der Waals surface area contributed by atoms with Crippen molar-refractivity contribution >= 4 is 5.78 Å². The first kappa shape index (κ1) is 10.8. The molecule has 6 atom stereocenters. The highest BCUT2D eigenvalue weighted by Crippen LogP contribution is 2.54. The molecule has 0 heterocycles. The van der Waals surface area contributed by atoms with Crippen molar-refractivity contribution < 1.29 is 4.79 Å². The molecule has 16 heavy (non-hydrogen) atoms. The topological polar surface area (TPSA) is 17.1 Å². The number of carbonyl (C=O) groups excluding carboxylic acids is 1. The molecule has 3 aliphatic carbocycles. The Morgan fingerprint density at radius 2 is 1.88 bits per heavy atom. The molecular formula is C15H24O. The summed E-state index contributed by atoms with van der Waals surface area (Å²) in [4.78, 5) is 12.3. The molecule has 0 N–H and O–H groups in total. The second-order valence-electron chi connectivity index (χ2n) is 6.85. The van der Waals surface area contributed by atoms with Crippen LogP contribution in [0.1, 0.15) is 52.4 Å². The summed E-state index contributed by atoms with van der Waals surface area (Å²) in [5, 5.41) is 0. The third kappa shape index (κ3) is 1.63. The van der Waals surface area contributed by atoms with E-state index in [2.05, 4.69) is 13.8 Å². The van der Waals surface area contributed by atoms with Crippen LogP contribution < -0.4 is 0 Å². The maximum absolute atomic E-state index is 12.3. The highest BCUT2D eigenvalue weighted by Gasteiger charge is 2.47. The summed E-state index contributed by atoms with van der Waals surface area (Å²) in [5.41, 5.74) is 0. The second-order valence-corrected chi connectivity index (χ2v) is 6.85. The van der Waals surface area contributed by atoms with Crippen LogP contribution in [0.25, 0.3) is 0 Å². The van der Waals surface area contributed by atoms with Gasteiger partial charge in [-0.3, -0.25) is 4.79 Å². The van der Waals surface area contributed by atoms with E-state index >= 15 is 0 Å². The van der Waals surface area contributed by atoms with Crippen molar-refractivity contribution in [3.05, 3.63) is 0 Å². The quantitative estimate of drug-likeness (QED) is 0.659. The summed E-state index contributed by atoms with van der Waals surface area (Å²) in [7, 11) is 0. The first-order chi connectivity index (χ1) is 7.65. The number of hydrogen-bond acceptors (Lipinski definition) is 1. The van der Waals surface area contributed by atoms with Crippen LogP contribution in [-0.4, -0.2) is 5.78 Å². The van der Waals surface area contributed by atoms with Crippen LogP contribution in [0, 0.1) is 35.5 Å². The van der Waals surface area contributed by atoms with Gasteiger partial charge in [-0.15, -0.1) is 0 Å². The van der Waals surface area contributed by atoms with Gasteiger partial charge in [-0.1, -0.05) is 20.3 Å². The van der Waals surface area contributed by atoms with E-state index < -0.39 is 0 Å². The molecule has 3 fully saturated rings. The van der Waals surface area contributed by atoms with Gasteiger partial charge in [0.2, 0.25) is 0 Å². The average molecular weight is 220 g/mol. The smallest absolute Gasteiger partial charge is 0.136 e. The molecule has 3 rings (SSSR count). The zero-order chi connectivity index (χ0) is 11.3. The highest BCUT2D eigenvalue weighted by atomic mass is 16.1. The normalized spacial score (nSPS) is 52.2. The van der Waals surface area contributed by atoms with Crippen molar-refractivity contribution in [2.24, 2.45) is 35.5 Å². The molecular weight excluding hydrogens is 196 g/mol. The Labute approximate surface area is 99.0 Å². The fourth-order valence-electron chi connectivity index (χ4n) is 5.06. The van der Waals surface area contributed by atoms with E-state index in [1.54, 1.807) is 0 Å². The van der Waals surface area contributed by atoms with Gasteiger partial charge in [-0.05, 0) is 55.3 Å². The minimum absolute atomic E-state index is 0.437. The molecule has 0 amide bonds. The summed E-state index contributed by atoms with van der Waals surface area (Å²) < 4.78 is 0. The largest absolute Gasteiger partial charge is 0.299 e. The molecule has 0 aromatic rings. The van der Waals surface area contributed by atoms with Gasteiger partial charge in [0.05, 0.1) is 0 Å². The molecule has 0 aromatic heterocycles. The van der Waals surface area contributed by atoms with Crippen molar-refractivity contribution in [1.82, 2.24) is 0 Å². The van der Waals surface area contributed by atoms with Gasteiger partial charge < -0.3 is 0 Å². The molecule has 0 unspecified atom stereocenters. The lowest BCUT2D eigenvalue weighted by atomic mass is 9.65. The Bertz CT molecular complexity index is 296. The molecule has 0 aliphatic heterocycles. The SMILES string of the molecule is C[C@@H]1CC(=O)[C@H]([C@H]2C[C@H]3CC[C@H]2C3)[C@H](C)C1. The number of hydrogen-bond donors (Lipinski definition) is 0. The van der Waals surface area contributed by atoms with Gasteiger partial charge in [0.1, 0.15) is 5.78 Å². The molecule has 0 saturated heterocycles. The van der Waals surface area contributed by atoms with E-state index in [1.165, 1.54) is 32.1 Å². The molecule has 3 aliphatic rings. The molecule has 1 heteroatoms. The van der Waals surface area contributed by atoms with Crippen molar-refractivity contribution in [2.45, 2.75) is 52.4 Å². The van der Waals surface area contributed by atoms with Crippen LogP contribution in [0.15, 0.2) is 0 Å². The Balaban J connectivity index is 1.76. The number of carbonyl (C=O) groups is 1. The number of ketones is 1. The van der Waals surface area contributed by atoms with Crippen LogP contribution >= 0.6 is 0 Å². The maximum atomic E-state index is 12.3. The Kier molecular flexibility index (Phi) is 2.60. The van der Waals surface area contributed by atoms with Crippen LogP contribution in [0.4, 0.5) is 0 Å². The predicted molar refractivity (Wildman–Crippen MR) is 65.0 cm³/mol. The van der Waals surface area contributed by atoms with Gasteiger partial charge in [-0.2, -0.15) is 0 Å². The van der Waals surface area contributed by atoms with Crippen molar-refractivity contribution in [2.75, 3.05) is 0 Å². The minimum Gasteiger partial charge on any atom is -0.299 e. The molecule has 3 saturated carbocycles. The first-order valence-corrected chi connectivity index (χ1v) is 7.18. The molecule has 90 valence electrons. The predicted octanol–water partition coefficient (Wildman–Crippen LogP) is 3.67. The lowest BCUT2D eigenvalue weighted by Crippen LogP contribution is -2.38. The Hall–Kier alpha value is -0.330. The summed E-state index contributed by atoms with van der Waals surface area (Å²) >= 11 is 0. The van der Waals surface area contributed by atoms with Crippen LogP contribution in [0.2, 0.25) is 0 Å². The standard InChI is InChI=1S/C15H24O/c1-9-5-10(2)15(14(16)6-9)13-8-11-3-4-12(13)7-11/h9-13,15H,3-8H2,1-2H3/t9-,10+,11-,12-,13-,15-/m0/s1. The van der Waals surface area contributed by atoms with Gasteiger partial charge >= 0.3 is 0 Å². The molecule has 2 bridgehead atoms. The van der Waals surface area contributed by atoms with Gasteiger partial charge in [0.25, 0.3) is 0 Å². The van der Waals surface area contributed by atoms with Crippen LogP contribution in [-0.2, 0) is 4.79 Å². The van der Waals surface area contributed by atoms with E-state index in [1.807, 2.05) is 0 Å². The number of Topliss-reactive ketones (excluding diaryl/α,β-unsaturated/α-hetero) is 1. The lowest BCUT2D eigenvalue weighted by molar-refractivity contribution is -0.131. The Morgan fingerprint density at radius 3 is 2.44 bits per heavy atom. The number of fused-ring (bicyclic) bond motifs is 2. The Morgan fingerprint density at radius 1 is 1.06 bits per heavy atom. The van der Waals surface area contributed by atoms with Crippen molar-refractivity contribution in [1.29, 1.82) is 0 Å². The first-order valence-electron chi connectivity index (χ1n) is 7.18. The van der Waals surface area contributed by atoms with Gasteiger partial charge in [0, 0.05) is 12.3 Å². The third-order valence-corrected chi connectivity index (χ3v) is 5.56. The van der Waals surface area contributed by atoms with E-state index in [-0.39, 0.29) is 0 Å². The zero-order valence-electron chi connectivity index (χ0n) is 10.6. The maximum Gasteiger partial charge on any atom is 0.136 e. The lowest BCUT2D eigenvalue weighted by Gasteiger charge is -2.38. The van der Waals surface area contributed by atoms with E-state index in [4.69, 9.17) is 0 Å². The minimum atomic E-state index is 0.437. The molecule has 1 nitrogen and oxygen atoms in total. The fourth-order valence-corrected chi connectivity index (χ4v) is 5.06. The van der Waals surface area contributed by atoms with E-state index in [0.717, 1.165) is 24.2 Å². The molecule has 0 spiro atoms. The average Bonchev–Trinajstić information content (AvgIpc) is 2.77.